The molecule has 0 spiro atoms. The Bertz CT molecular complexity index is 1080. The van der Waals surface area contributed by atoms with Crippen LogP contribution in [0.25, 0.3) is 11.5 Å². The number of aromatic carboxylic acids is 1. The number of carboxylic acids is 1. The zero-order chi connectivity index (χ0) is 23.2. The number of nitrogens with zero attached hydrogens (tertiary/aromatic N) is 1. The number of ether oxygens (including phenoxy) is 2. The van der Waals surface area contributed by atoms with Crippen LogP contribution < -0.4 is 0 Å². The highest BCUT2D eigenvalue weighted by Gasteiger charge is 2.23. The topological polar surface area (TPSA) is 81.8 Å². The Morgan fingerprint density at radius 3 is 2.79 bits per heavy atom. The zero-order valence-electron chi connectivity index (χ0n) is 18.6. The van der Waals surface area contributed by atoms with Crippen molar-refractivity contribution in [3.05, 3.63) is 76.9 Å². The van der Waals surface area contributed by atoms with Crippen molar-refractivity contribution in [3.8, 4) is 11.5 Å². The smallest absolute Gasteiger partial charge is 0.336 e. The number of benzene rings is 2. The predicted molar refractivity (Wildman–Crippen MR) is 120 cm³/mol. The molecule has 1 heterocycles. The summed E-state index contributed by atoms with van der Waals surface area (Å²) in [4.78, 5) is 16.0. The first-order valence-corrected chi connectivity index (χ1v) is 11.2. The second-order valence-corrected chi connectivity index (χ2v) is 8.55. The van der Waals surface area contributed by atoms with E-state index < -0.39 is 5.97 Å². The van der Waals surface area contributed by atoms with Gasteiger partial charge in [-0.1, -0.05) is 24.6 Å². The molecule has 0 amide bonds. The summed E-state index contributed by atoms with van der Waals surface area (Å²) in [6.45, 7) is 3.02. The Hall–Kier alpha value is -3.03. The maximum absolute atomic E-state index is 13.1. The van der Waals surface area contributed by atoms with Crippen molar-refractivity contribution in [2.75, 3.05) is 6.61 Å². The monoisotopic (exact) mass is 453 g/mol. The molecule has 174 valence electrons. The molecule has 1 N–H and O–H groups in total. The number of carbonyl (C=O) groups is 1. The number of aryl methyl sites for hydroxylation is 1. The zero-order valence-corrected chi connectivity index (χ0v) is 18.6. The third-order valence-electron chi connectivity index (χ3n) is 6.03. The van der Waals surface area contributed by atoms with E-state index in [1.807, 2.05) is 6.07 Å². The van der Waals surface area contributed by atoms with Gasteiger partial charge in [0.05, 0.1) is 24.9 Å². The minimum absolute atomic E-state index is 0.117. The van der Waals surface area contributed by atoms with Crippen LogP contribution in [0, 0.1) is 18.7 Å². The molecule has 6 nitrogen and oxygen atoms in total. The highest BCUT2D eigenvalue weighted by molar-refractivity contribution is 5.91. The van der Waals surface area contributed by atoms with E-state index in [-0.39, 0.29) is 18.5 Å². The number of hydrogen-bond donors (Lipinski definition) is 1. The first-order valence-electron chi connectivity index (χ1n) is 11.2. The Morgan fingerprint density at radius 1 is 1.18 bits per heavy atom. The molecule has 1 aliphatic carbocycles. The number of carboxylic acid groups (broad SMARTS) is 1. The first-order chi connectivity index (χ1) is 16.0. The maximum Gasteiger partial charge on any atom is 0.336 e. The number of halogens is 1. The van der Waals surface area contributed by atoms with Gasteiger partial charge >= 0.3 is 5.97 Å². The molecular weight excluding hydrogens is 425 g/mol. The van der Waals surface area contributed by atoms with Gasteiger partial charge in [-0.2, -0.15) is 0 Å². The number of oxazole rings is 1. The highest BCUT2D eigenvalue weighted by atomic mass is 19.1. The third kappa shape index (κ3) is 6.06. The lowest BCUT2D eigenvalue weighted by atomic mass is 9.88. The summed E-state index contributed by atoms with van der Waals surface area (Å²) >= 11 is 0. The van der Waals surface area contributed by atoms with Crippen LogP contribution in [0.5, 0.6) is 0 Å². The Kier molecular flexibility index (Phi) is 7.52. The molecule has 0 bridgehead atoms. The van der Waals surface area contributed by atoms with Crippen molar-refractivity contribution in [2.45, 2.75) is 51.9 Å². The SMILES string of the molecule is Cc1cccc(COCC2CCC[C@@H](OCc3coc(-c4ccc(F)cc4)n3)C2)c1C(=O)O. The molecule has 4 rings (SSSR count). The molecule has 2 atom stereocenters. The number of aromatic nitrogens is 1. The van der Waals surface area contributed by atoms with Gasteiger partial charge in [-0.25, -0.2) is 14.2 Å². The molecule has 2 aromatic carbocycles. The fraction of sp³-hybridized carbons (Fsp3) is 0.385. The van der Waals surface area contributed by atoms with Crippen molar-refractivity contribution >= 4 is 5.97 Å². The lowest BCUT2D eigenvalue weighted by molar-refractivity contribution is -0.0187. The second-order valence-electron chi connectivity index (χ2n) is 8.55. The Balaban J connectivity index is 1.25. The average molecular weight is 454 g/mol. The minimum Gasteiger partial charge on any atom is -0.478 e. The lowest BCUT2D eigenvalue weighted by Gasteiger charge is -2.29. The Morgan fingerprint density at radius 2 is 2.00 bits per heavy atom. The number of rotatable bonds is 9. The van der Waals surface area contributed by atoms with Crippen LogP contribution >= 0.6 is 0 Å². The highest BCUT2D eigenvalue weighted by Crippen LogP contribution is 2.28. The summed E-state index contributed by atoms with van der Waals surface area (Å²) in [7, 11) is 0. The first kappa shape index (κ1) is 23.1. The van der Waals surface area contributed by atoms with Crippen molar-refractivity contribution in [3.63, 3.8) is 0 Å². The fourth-order valence-electron chi connectivity index (χ4n) is 4.34. The van der Waals surface area contributed by atoms with Gasteiger partial charge in [0.2, 0.25) is 5.89 Å². The van der Waals surface area contributed by atoms with E-state index in [1.54, 1.807) is 37.5 Å². The third-order valence-corrected chi connectivity index (χ3v) is 6.03. The van der Waals surface area contributed by atoms with Crippen LogP contribution in [0.3, 0.4) is 0 Å². The van der Waals surface area contributed by atoms with Crippen LogP contribution in [0.2, 0.25) is 0 Å². The van der Waals surface area contributed by atoms with Crippen LogP contribution in [0.1, 0.15) is 52.9 Å². The number of hydrogen-bond acceptors (Lipinski definition) is 5. The van der Waals surface area contributed by atoms with Gasteiger partial charge in [-0.05, 0) is 67.5 Å². The van der Waals surface area contributed by atoms with Gasteiger partial charge in [-0.15, -0.1) is 0 Å². The van der Waals surface area contributed by atoms with Crippen LogP contribution in [0.4, 0.5) is 4.39 Å². The van der Waals surface area contributed by atoms with E-state index in [2.05, 4.69) is 4.98 Å². The molecule has 1 aromatic heterocycles. The van der Waals surface area contributed by atoms with Crippen LogP contribution in [-0.4, -0.2) is 28.8 Å². The van der Waals surface area contributed by atoms with E-state index in [0.717, 1.165) is 36.8 Å². The molecule has 0 aliphatic heterocycles. The molecule has 1 saturated carbocycles. The standard InChI is InChI=1S/C26H28FNO5/c1-17-4-2-6-20(24(17)26(29)30)14-31-13-18-5-3-7-23(12-18)32-15-22-16-33-25(28-22)19-8-10-21(27)11-9-19/h2,4,6,8-11,16,18,23H,3,5,7,12-15H2,1H3,(H,29,30)/t18?,23-/m1/s1. The molecule has 1 unspecified atom stereocenters. The average Bonchev–Trinajstić information content (AvgIpc) is 3.27. The van der Waals surface area contributed by atoms with Crippen LogP contribution in [0.15, 0.2) is 53.1 Å². The Labute approximate surface area is 192 Å². The summed E-state index contributed by atoms with van der Waals surface area (Å²) in [6.07, 6.45) is 5.69. The lowest BCUT2D eigenvalue weighted by Crippen LogP contribution is -2.25. The van der Waals surface area contributed by atoms with E-state index in [0.29, 0.717) is 41.8 Å². The summed E-state index contributed by atoms with van der Waals surface area (Å²) in [6, 6.07) is 11.5. The molecule has 3 aromatic rings. The van der Waals surface area contributed by atoms with Gasteiger partial charge in [0.25, 0.3) is 0 Å². The summed E-state index contributed by atoms with van der Waals surface area (Å²) in [5.74, 6) is -0.409. The summed E-state index contributed by atoms with van der Waals surface area (Å²) in [5.41, 5.74) is 3.19. The van der Waals surface area contributed by atoms with Crippen LogP contribution in [-0.2, 0) is 22.7 Å². The molecular formula is C26H28FNO5. The summed E-state index contributed by atoms with van der Waals surface area (Å²) < 4.78 is 30.6. The van der Waals surface area contributed by atoms with E-state index in [9.17, 15) is 14.3 Å². The van der Waals surface area contributed by atoms with Crippen molar-refractivity contribution in [1.82, 2.24) is 4.98 Å². The van der Waals surface area contributed by atoms with Gasteiger partial charge in [-0.3, -0.25) is 0 Å². The molecule has 33 heavy (non-hydrogen) atoms. The largest absolute Gasteiger partial charge is 0.478 e. The van der Waals surface area contributed by atoms with Gasteiger partial charge in [0.1, 0.15) is 17.8 Å². The second kappa shape index (κ2) is 10.7. The minimum atomic E-state index is -0.923. The van der Waals surface area contributed by atoms with Crippen molar-refractivity contribution < 1.29 is 28.2 Å². The molecule has 0 radical (unpaired) electrons. The van der Waals surface area contributed by atoms with E-state index in [4.69, 9.17) is 13.9 Å². The van der Waals surface area contributed by atoms with Gasteiger partial charge in [0.15, 0.2) is 0 Å². The van der Waals surface area contributed by atoms with E-state index in [1.165, 1.54) is 12.1 Å². The quantitative estimate of drug-likeness (QED) is 0.442. The van der Waals surface area contributed by atoms with Gasteiger partial charge < -0.3 is 19.0 Å². The predicted octanol–water partition coefficient (Wildman–Crippen LogP) is 5.78. The van der Waals surface area contributed by atoms with Crippen molar-refractivity contribution in [1.29, 1.82) is 0 Å². The fourth-order valence-corrected chi connectivity index (χ4v) is 4.34. The van der Waals surface area contributed by atoms with Crippen molar-refractivity contribution in [2.24, 2.45) is 5.92 Å². The van der Waals surface area contributed by atoms with Gasteiger partial charge in [0, 0.05) is 12.2 Å². The normalized spacial score (nSPS) is 18.4. The molecule has 0 saturated heterocycles. The van der Waals surface area contributed by atoms with E-state index >= 15 is 0 Å². The summed E-state index contributed by atoms with van der Waals surface area (Å²) in [5, 5.41) is 9.46. The maximum atomic E-state index is 13.1. The molecule has 7 heteroatoms. The molecule has 1 aliphatic rings. The molecule has 1 fully saturated rings.